The van der Waals surface area contributed by atoms with Gasteiger partial charge in [-0.15, -0.1) is 10.1 Å². The Kier molecular flexibility index (Phi) is 17.0. The van der Waals surface area contributed by atoms with E-state index < -0.39 is 19.9 Å². The first-order valence-corrected chi connectivity index (χ1v) is 6.43. The second-order valence-corrected chi connectivity index (χ2v) is 4.38. The van der Waals surface area contributed by atoms with Crippen molar-refractivity contribution in [2.24, 2.45) is 0 Å². The van der Waals surface area contributed by atoms with Crippen LogP contribution in [0.3, 0.4) is 0 Å². The van der Waals surface area contributed by atoms with Gasteiger partial charge in [0.25, 0.3) is 5.09 Å². The Bertz CT molecular complexity index is 528. The van der Waals surface area contributed by atoms with Gasteiger partial charge in [0, 0.05) is 40.8 Å². The van der Waals surface area contributed by atoms with Gasteiger partial charge in [0.05, 0.1) is 0 Å². The molecular formula is C11H13N2O6PRe2Rf2-2. The Hall–Kier alpha value is -2.73. The Morgan fingerprint density at radius 1 is 1.25 bits per heavy atom. The van der Waals surface area contributed by atoms with Crippen LogP contribution in [0, 0.1) is 30.1 Å². The van der Waals surface area contributed by atoms with Crippen LogP contribution >= 0.6 is 8.81 Å². The van der Waals surface area contributed by atoms with E-state index in [0.29, 0.717) is 17.1 Å². The quantitative estimate of drug-likeness (QED) is 0.104. The molecule has 0 heterocycles. The number of hydrogen-bond donors (Lipinski definition) is 0. The molecule has 0 aromatic heterocycles. The van der Waals surface area contributed by atoms with Gasteiger partial charge < -0.3 is 19.8 Å². The van der Waals surface area contributed by atoms with Crippen molar-refractivity contribution in [3.05, 3.63) is 45.3 Å². The maximum absolute atomic E-state index is 11.4. The molecule has 0 bridgehead atoms. The number of rotatable bonds is 7. The van der Waals surface area contributed by atoms with Crippen molar-refractivity contribution in [1.82, 2.24) is 0 Å². The van der Waals surface area contributed by atoms with Crippen molar-refractivity contribution in [2.75, 3.05) is 6.73 Å². The molecule has 1 atom stereocenters. The van der Waals surface area contributed by atoms with Crippen molar-refractivity contribution >= 4 is 14.8 Å². The Labute approximate surface area is 156 Å². The third kappa shape index (κ3) is 9.32. The van der Waals surface area contributed by atoms with E-state index in [1.54, 1.807) is 26.0 Å². The number of aryl methyl sites for hydroxylation is 2. The largest absolute Gasteiger partial charge is 0.644 e. The van der Waals surface area contributed by atoms with Crippen LogP contribution in [0.4, 0.5) is 0 Å². The third-order valence-electron chi connectivity index (χ3n) is 2.21. The number of carbonyl (C=O) groups excluding carboxylic acids is 1. The fourth-order valence-electron chi connectivity index (χ4n) is 1.36. The number of nitrogens with one attached hydrogen (secondary N) is 1. The van der Waals surface area contributed by atoms with Gasteiger partial charge in [-0.25, -0.2) is 6.16 Å². The summed E-state index contributed by atoms with van der Waals surface area (Å²) in [7, 11) is -0.712. The number of hydrogen-bond acceptors (Lipinski definition) is 6. The van der Waals surface area contributed by atoms with E-state index in [2.05, 4.69) is 4.62 Å². The molecule has 0 aliphatic rings. The molecule has 0 aliphatic heterocycles. The monoisotopic (exact) mass is 1210 g/mol. The van der Waals surface area contributed by atoms with Crippen LogP contribution < -0.4 is 9.47 Å². The van der Waals surface area contributed by atoms with Gasteiger partial charge in [-0.2, -0.15) is 0 Å². The molecule has 0 aliphatic carbocycles. The molecule has 0 amide bonds. The molecule has 2 radical (unpaired) electrons. The van der Waals surface area contributed by atoms with Crippen molar-refractivity contribution in [2.45, 2.75) is 13.8 Å². The van der Waals surface area contributed by atoms with E-state index >= 15 is 0 Å². The van der Waals surface area contributed by atoms with Gasteiger partial charge in [0.15, 0.2) is 5.97 Å². The van der Waals surface area contributed by atoms with Crippen LogP contribution in [0.25, 0.3) is 5.73 Å². The van der Waals surface area contributed by atoms with Gasteiger partial charge in [-0.3, -0.25) is 4.79 Å². The molecule has 1 aromatic carbocycles. The SMILES string of the molecule is Cc1cc(OC(=O)[CH-]PO[N+](=O)[O-])c(C)cc1OC[NH-].[Re].[Re].[Rf].[Rf]. The van der Waals surface area contributed by atoms with Crippen LogP contribution in [-0.2, 0) is 50.3 Å². The summed E-state index contributed by atoms with van der Waals surface area (Å²) in [6.45, 7) is 3.27. The van der Waals surface area contributed by atoms with E-state index in [4.69, 9.17) is 15.2 Å². The first-order chi connectivity index (χ1) is 9.43. The first kappa shape index (κ1) is 29.3. The number of esters is 1. The van der Waals surface area contributed by atoms with Gasteiger partial charge >= 0.3 is 0 Å². The summed E-state index contributed by atoms with van der Waals surface area (Å²) in [6, 6.07) is 3.26. The summed E-state index contributed by atoms with van der Waals surface area (Å²) in [5, 5.41) is 8.94. The summed E-state index contributed by atoms with van der Waals surface area (Å²) in [6.07, 6.45) is 0.950. The standard InChI is InChI=1S/C11H13N2O6P.2Re.2Rf/c1-7-4-10(8(2)3-9(7)17-6-12)18-11(14)5-20-19-13(15)16;;;;/h3-5,12,20H,6H2,1-2H3;;;;/q-2;;;;. The second kappa shape index (κ2) is 13.9. The van der Waals surface area contributed by atoms with E-state index in [-0.39, 0.29) is 47.6 Å². The van der Waals surface area contributed by atoms with Gasteiger partial charge in [0.2, 0.25) is 0 Å². The van der Waals surface area contributed by atoms with E-state index in [1.165, 1.54) is 0 Å². The Balaban J connectivity index is -0.000000500. The molecule has 24 heavy (non-hydrogen) atoms. The third-order valence-corrected chi connectivity index (χ3v) is 2.82. The molecule has 0 fully saturated rings. The van der Waals surface area contributed by atoms with E-state index in [1.807, 2.05) is 0 Å². The molecule has 0 saturated heterocycles. The number of nitrogens with zero attached hydrogens (tertiary/aromatic N) is 1. The number of benzene rings is 1. The zero-order chi connectivity index (χ0) is 15.1. The van der Waals surface area contributed by atoms with Crippen molar-refractivity contribution in [3.8, 4) is 11.5 Å². The molecule has 1 aromatic rings. The summed E-state index contributed by atoms with van der Waals surface area (Å²) in [5.41, 5.74) is 8.37. The Morgan fingerprint density at radius 3 is 2.25 bits per heavy atom. The predicted octanol–water partition coefficient (Wildman–Crippen LogP) is 2.56. The predicted molar refractivity (Wildman–Crippen MR) is 72.1 cm³/mol. The van der Waals surface area contributed by atoms with Crippen LogP contribution in [0.15, 0.2) is 12.1 Å². The van der Waals surface area contributed by atoms with Crippen LogP contribution in [0.1, 0.15) is 11.1 Å². The first-order valence-electron chi connectivity index (χ1n) is 5.44. The summed E-state index contributed by atoms with van der Waals surface area (Å²) in [4.78, 5) is 21.4. The van der Waals surface area contributed by atoms with Gasteiger partial charge in [-0.05, 0) is 43.8 Å². The minimum atomic E-state index is -0.982. The fraction of sp³-hybridized carbons (Fsp3) is 0.273. The molecule has 128 valence electrons. The van der Waals surface area contributed by atoms with Gasteiger partial charge in [0.1, 0.15) is 11.5 Å². The summed E-state index contributed by atoms with van der Waals surface area (Å²) < 4.78 is 14.1. The summed E-state index contributed by atoms with van der Waals surface area (Å²) >= 11 is 0. The molecular weight excluding hydrogens is 1190 g/mol. The smallest absolute Gasteiger partial charge is 0.295 e. The van der Waals surface area contributed by atoms with Crippen molar-refractivity contribution in [1.29, 1.82) is 0 Å². The molecule has 1 unspecified atom stereocenters. The van der Waals surface area contributed by atoms with E-state index in [9.17, 15) is 14.9 Å². The maximum Gasteiger partial charge on any atom is 0.295 e. The fourth-order valence-corrected chi connectivity index (χ4v) is 1.66. The maximum atomic E-state index is 11.4. The topological polar surface area (TPSA) is 112 Å². The summed E-state index contributed by atoms with van der Waals surface area (Å²) in [5.74, 6) is 0.133. The van der Waals surface area contributed by atoms with Gasteiger partial charge in [-0.1, -0.05) is 8.81 Å². The normalized spacial score (nSPS) is 8.62. The zero-order valence-corrected chi connectivity index (χ0v) is 32.2. The van der Waals surface area contributed by atoms with E-state index in [0.717, 1.165) is 11.7 Å². The molecule has 0 saturated carbocycles. The zero-order valence-electron chi connectivity index (χ0n) is 13.0. The number of carbonyl (C=O) groups is 1. The Morgan fingerprint density at radius 2 is 1.75 bits per heavy atom. The van der Waals surface area contributed by atoms with Crippen LogP contribution in [0.2, 0.25) is 0 Å². The average Bonchev–Trinajstić information content (AvgIpc) is 2.35. The molecule has 1 N–H and O–H groups in total. The molecule has 8 nitrogen and oxygen atoms in total. The second-order valence-electron chi connectivity index (χ2n) is 3.67. The molecule has 0 spiro atoms. The minimum absolute atomic E-state index is 0. The molecule has 1 rings (SSSR count). The number of ether oxygens (including phenoxy) is 2. The van der Waals surface area contributed by atoms with Crippen molar-refractivity contribution in [3.63, 3.8) is 0 Å². The van der Waals surface area contributed by atoms with Crippen LogP contribution in [-0.4, -0.2) is 17.8 Å². The molecule has 13 heteroatoms. The van der Waals surface area contributed by atoms with Crippen molar-refractivity contribution < 1.29 is 64.8 Å². The average molecular weight is 1210 g/mol. The minimum Gasteiger partial charge on any atom is -0.644 e. The van der Waals surface area contributed by atoms with Crippen LogP contribution in [0.5, 0.6) is 11.5 Å².